The van der Waals surface area contributed by atoms with E-state index in [0.29, 0.717) is 26.2 Å². The lowest BCUT2D eigenvalue weighted by molar-refractivity contribution is -0.384. The van der Waals surface area contributed by atoms with Gasteiger partial charge in [0.1, 0.15) is 5.76 Å². The first-order chi connectivity index (χ1) is 18.7. The average Bonchev–Trinajstić information content (AvgIpc) is 3.50. The van der Waals surface area contributed by atoms with Crippen LogP contribution in [-0.4, -0.2) is 31.9 Å². The van der Waals surface area contributed by atoms with Crippen molar-refractivity contribution in [2.24, 2.45) is 0 Å². The van der Waals surface area contributed by atoms with Crippen molar-refractivity contribution in [2.45, 2.75) is 16.1 Å². The number of amides is 1. The van der Waals surface area contributed by atoms with Crippen LogP contribution in [0.4, 0.5) is 10.8 Å². The standard InChI is InChI=1S/C26H16BrClN4O5S2/c27-17-9-5-15(6-10-17)22(33)20-21(14-7-11-18(12-8-14)32(36)37)31(24(35)23(20)34)25-29-30-26(39-25)38-13-16-3-1-2-4-19(16)28/h1-12,21,33H,13H2/b22-20-. The van der Waals surface area contributed by atoms with E-state index in [-0.39, 0.29) is 22.2 Å². The van der Waals surface area contributed by atoms with Crippen LogP contribution in [0.15, 0.2) is 87.2 Å². The Balaban J connectivity index is 1.55. The number of benzene rings is 3. The molecular weight excluding hydrogens is 628 g/mol. The van der Waals surface area contributed by atoms with Gasteiger partial charge in [-0.3, -0.25) is 24.6 Å². The first kappa shape index (κ1) is 27.0. The van der Waals surface area contributed by atoms with Crippen molar-refractivity contribution in [3.05, 3.63) is 115 Å². The van der Waals surface area contributed by atoms with E-state index in [0.717, 1.165) is 21.4 Å². The zero-order valence-electron chi connectivity index (χ0n) is 19.7. The van der Waals surface area contributed by atoms with E-state index in [1.807, 2.05) is 18.2 Å². The maximum atomic E-state index is 13.3. The summed E-state index contributed by atoms with van der Waals surface area (Å²) in [5.41, 5.74) is 1.31. The largest absolute Gasteiger partial charge is 0.507 e. The summed E-state index contributed by atoms with van der Waals surface area (Å²) in [7, 11) is 0. The van der Waals surface area contributed by atoms with Crippen molar-refractivity contribution in [2.75, 3.05) is 4.90 Å². The number of nitro groups is 1. The molecule has 2 heterocycles. The SMILES string of the molecule is O=C1C(=O)N(c2nnc(SCc3ccccc3Cl)s2)C(c2ccc([N+](=O)[O-])cc2)/C1=C(/O)c1ccc(Br)cc1. The third kappa shape index (κ3) is 5.46. The van der Waals surface area contributed by atoms with Crippen molar-refractivity contribution in [1.82, 2.24) is 10.2 Å². The van der Waals surface area contributed by atoms with Gasteiger partial charge in [0, 0.05) is 32.9 Å². The predicted octanol–water partition coefficient (Wildman–Crippen LogP) is 6.78. The Hall–Kier alpha value is -3.58. The molecule has 4 aromatic rings. The molecule has 0 bridgehead atoms. The quantitative estimate of drug-likeness (QED) is 0.0444. The fourth-order valence-corrected chi connectivity index (χ4v) is 6.42. The molecule has 1 fully saturated rings. The minimum Gasteiger partial charge on any atom is -0.507 e. The van der Waals surface area contributed by atoms with Crippen LogP contribution in [-0.2, 0) is 15.3 Å². The normalized spacial score (nSPS) is 16.6. The molecule has 1 atom stereocenters. The van der Waals surface area contributed by atoms with Gasteiger partial charge in [0.2, 0.25) is 5.13 Å². The molecule has 0 saturated carbocycles. The van der Waals surface area contributed by atoms with E-state index >= 15 is 0 Å². The van der Waals surface area contributed by atoms with Gasteiger partial charge in [0.25, 0.3) is 11.5 Å². The lowest BCUT2D eigenvalue weighted by Crippen LogP contribution is -2.29. The van der Waals surface area contributed by atoms with Gasteiger partial charge in [-0.1, -0.05) is 81.0 Å². The number of Topliss-reactive ketones (excluding diaryl/α,β-unsaturated/α-hetero) is 1. The summed E-state index contributed by atoms with van der Waals surface area (Å²) in [6.07, 6.45) is 0. The van der Waals surface area contributed by atoms with E-state index in [9.17, 15) is 24.8 Å². The van der Waals surface area contributed by atoms with Crippen LogP contribution in [0.3, 0.4) is 0 Å². The summed E-state index contributed by atoms with van der Waals surface area (Å²) in [6.45, 7) is 0. The van der Waals surface area contributed by atoms with E-state index in [4.69, 9.17) is 11.6 Å². The molecule has 1 unspecified atom stereocenters. The number of hydrogen-bond donors (Lipinski definition) is 1. The number of thioether (sulfide) groups is 1. The Labute approximate surface area is 243 Å². The smallest absolute Gasteiger partial charge is 0.301 e. The molecule has 1 aromatic heterocycles. The number of non-ortho nitro benzene ring substituents is 1. The fourth-order valence-electron chi connectivity index (χ4n) is 4.00. The monoisotopic (exact) mass is 642 g/mol. The number of nitro benzene ring substituents is 1. The number of nitrogens with zero attached hydrogens (tertiary/aromatic N) is 4. The molecule has 13 heteroatoms. The zero-order valence-corrected chi connectivity index (χ0v) is 23.6. The maximum Gasteiger partial charge on any atom is 0.301 e. The average molecular weight is 644 g/mol. The summed E-state index contributed by atoms with van der Waals surface area (Å²) >= 11 is 12.1. The molecule has 39 heavy (non-hydrogen) atoms. The molecule has 1 saturated heterocycles. The predicted molar refractivity (Wildman–Crippen MR) is 153 cm³/mol. The van der Waals surface area contributed by atoms with Crippen LogP contribution in [0.5, 0.6) is 0 Å². The Morgan fingerprint density at radius 1 is 1.08 bits per heavy atom. The number of rotatable bonds is 7. The first-order valence-electron chi connectivity index (χ1n) is 11.3. The number of hydrogen-bond acceptors (Lipinski definition) is 9. The van der Waals surface area contributed by atoms with Gasteiger partial charge in [-0.2, -0.15) is 0 Å². The molecule has 9 nitrogen and oxygen atoms in total. The van der Waals surface area contributed by atoms with Crippen molar-refractivity contribution in [1.29, 1.82) is 0 Å². The number of carbonyl (C=O) groups is 2. The lowest BCUT2D eigenvalue weighted by atomic mass is 9.95. The number of aliphatic hydroxyl groups is 1. The molecule has 0 radical (unpaired) electrons. The van der Waals surface area contributed by atoms with Gasteiger partial charge in [0.15, 0.2) is 4.34 Å². The molecular formula is C26H16BrClN4O5S2. The highest BCUT2D eigenvalue weighted by molar-refractivity contribution is 9.10. The molecule has 1 amide bonds. The Kier molecular flexibility index (Phi) is 7.80. The topological polar surface area (TPSA) is 127 Å². The van der Waals surface area contributed by atoms with Crippen molar-refractivity contribution < 1.29 is 19.6 Å². The molecule has 1 aliphatic rings. The van der Waals surface area contributed by atoms with Gasteiger partial charge in [-0.25, -0.2) is 0 Å². The Bertz CT molecular complexity index is 1630. The third-order valence-corrected chi connectivity index (χ3v) is 8.89. The van der Waals surface area contributed by atoms with E-state index < -0.39 is 22.7 Å². The Morgan fingerprint density at radius 3 is 2.44 bits per heavy atom. The van der Waals surface area contributed by atoms with Crippen LogP contribution in [0.1, 0.15) is 22.7 Å². The number of carbonyl (C=O) groups excluding carboxylic acids is 2. The highest BCUT2D eigenvalue weighted by Gasteiger charge is 2.48. The molecule has 5 rings (SSSR count). The number of halogens is 2. The second-order valence-electron chi connectivity index (χ2n) is 8.26. The van der Waals surface area contributed by atoms with Crippen molar-refractivity contribution in [3.8, 4) is 0 Å². The second kappa shape index (κ2) is 11.3. The zero-order chi connectivity index (χ0) is 27.7. The van der Waals surface area contributed by atoms with Crippen LogP contribution >= 0.6 is 50.6 Å². The maximum absolute atomic E-state index is 13.3. The minimum absolute atomic E-state index is 0.150. The van der Waals surface area contributed by atoms with Crippen molar-refractivity contribution >= 4 is 78.9 Å². The summed E-state index contributed by atoms with van der Waals surface area (Å²) in [5.74, 6) is -1.65. The highest BCUT2D eigenvalue weighted by atomic mass is 79.9. The van der Waals surface area contributed by atoms with Crippen LogP contribution < -0.4 is 4.90 Å². The molecule has 1 aliphatic heterocycles. The number of anilines is 1. The van der Waals surface area contributed by atoms with Crippen LogP contribution in [0.2, 0.25) is 5.02 Å². The van der Waals surface area contributed by atoms with Gasteiger partial charge in [-0.15, -0.1) is 10.2 Å². The molecule has 3 aromatic carbocycles. The van der Waals surface area contributed by atoms with Gasteiger partial charge in [0.05, 0.1) is 16.5 Å². The van der Waals surface area contributed by atoms with Crippen LogP contribution in [0.25, 0.3) is 5.76 Å². The molecule has 0 aliphatic carbocycles. The van der Waals surface area contributed by atoms with Crippen molar-refractivity contribution in [3.63, 3.8) is 0 Å². The number of ketones is 1. The van der Waals surface area contributed by atoms with Gasteiger partial charge in [-0.05, 0) is 41.5 Å². The summed E-state index contributed by atoms with van der Waals surface area (Å²) in [6, 6.07) is 18.4. The highest BCUT2D eigenvalue weighted by Crippen LogP contribution is 2.44. The number of aliphatic hydroxyl groups excluding tert-OH is 1. The fraction of sp³-hybridized carbons (Fsp3) is 0.0769. The summed E-state index contributed by atoms with van der Waals surface area (Å²) < 4.78 is 1.31. The van der Waals surface area contributed by atoms with Gasteiger partial charge >= 0.3 is 5.91 Å². The third-order valence-electron chi connectivity index (χ3n) is 5.89. The molecule has 0 spiro atoms. The summed E-state index contributed by atoms with van der Waals surface area (Å²) in [5, 5.41) is 31.5. The lowest BCUT2D eigenvalue weighted by Gasteiger charge is -2.22. The second-order valence-corrected chi connectivity index (χ2v) is 11.8. The van der Waals surface area contributed by atoms with E-state index in [1.54, 1.807) is 30.3 Å². The number of aromatic nitrogens is 2. The minimum atomic E-state index is -1.08. The van der Waals surface area contributed by atoms with Gasteiger partial charge < -0.3 is 5.11 Å². The van der Waals surface area contributed by atoms with E-state index in [2.05, 4.69) is 26.1 Å². The summed E-state index contributed by atoms with van der Waals surface area (Å²) in [4.78, 5) is 38.5. The van der Waals surface area contributed by atoms with E-state index in [1.165, 1.54) is 40.9 Å². The first-order valence-corrected chi connectivity index (χ1v) is 14.2. The Morgan fingerprint density at radius 2 is 1.77 bits per heavy atom. The molecule has 1 N–H and O–H groups in total. The molecule has 196 valence electrons. The van der Waals surface area contributed by atoms with Crippen LogP contribution in [0, 0.1) is 10.1 Å².